The van der Waals surface area contributed by atoms with Gasteiger partial charge in [-0.1, -0.05) is 54.3 Å². The van der Waals surface area contributed by atoms with Crippen molar-refractivity contribution in [3.05, 3.63) is 101 Å². The van der Waals surface area contributed by atoms with Gasteiger partial charge in [0.2, 0.25) is 5.82 Å². The van der Waals surface area contributed by atoms with Gasteiger partial charge in [0, 0.05) is 16.7 Å². The van der Waals surface area contributed by atoms with E-state index in [9.17, 15) is 4.79 Å². The zero-order valence-electron chi connectivity index (χ0n) is 15.4. The number of rotatable bonds is 4. The van der Waals surface area contributed by atoms with E-state index in [2.05, 4.69) is 27.3 Å². The standard InChI is InChI=1S/C23H16N4O2/c28-23(29)20-13-11-19(12-14-20)16-27-25-22(24-26-27)21-8-4-7-18(15-21)10-9-17-5-2-1-3-6-17/h1-8,11-15H,16H2,(H,28,29). The molecular weight excluding hydrogens is 364 g/mol. The van der Waals surface area contributed by atoms with Gasteiger partial charge in [0.05, 0.1) is 12.1 Å². The number of carboxylic acids is 1. The third-order valence-electron chi connectivity index (χ3n) is 4.22. The summed E-state index contributed by atoms with van der Waals surface area (Å²) in [4.78, 5) is 12.4. The molecule has 4 aromatic rings. The minimum atomic E-state index is -0.951. The molecule has 3 aromatic carbocycles. The van der Waals surface area contributed by atoms with Crippen LogP contribution in [0.15, 0.2) is 78.9 Å². The van der Waals surface area contributed by atoms with E-state index in [1.54, 1.807) is 24.3 Å². The molecule has 0 spiro atoms. The highest BCUT2D eigenvalue weighted by Crippen LogP contribution is 2.15. The van der Waals surface area contributed by atoms with Gasteiger partial charge in [-0.25, -0.2) is 4.79 Å². The molecule has 0 fully saturated rings. The summed E-state index contributed by atoms with van der Waals surface area (Å²) in [6.07, 6.45) is 0. The van der Waals surface area contributed by atoms with Crippen molar-refractivity contribution in [2.45, 2.75) is 6.54 Å². The molecule has 0 radical (unpaired) electrons. The van der Waals surface area contributed by atoms with Crippen LogP contribution in [0.2, 0.25) is 0 Å². The zero-order chi connectivity index (χ0) is 20.1. The molecule has 6 heteroatoms. The summed E-state index contributed by atoms with van der Waals surface area (Å²) in [6, 6.07) is 24.1. The second-order valence-electron chi connectivity index (χ2n) is 6.34. The fourth-order valence-electron chi connectivity index (χ4n) is 2.74. The molecular formula is C23H16N4O2. The molecule has 0 aliphatic carbocycles. The Kier molecular flexibility index (Phi) is 5.12. The normalized spacial score (nSPS) is 10.2. The average molecular weight is 380 g/mol. The number of tetrazole rings is 1. The van der Waals surface area contributed by atoms with Crippen LogP contribution in [0.4, 0.5) is 0 Å². The van der Waals surface area contributed by atoms with Gasteiger partial charge in [-0.15, -0.1) is 10.2 Å². The molecule has 0 unspecified atom stereocenters. The molecule has 6 nitrogen and oxygen atoms in total. The highest BCUT2D eigenvalue weighted by molar-refractivity contribution is 5.87. The Labute approximate surface area is 167 Å². The summed E-state index contributed by atoms with van der Waals surface area (Å²) in [5.74, 6) is 5.85. The largest absolute Gasteiger partial charge is 0.478 e. The van der Waals surface area contributed by atoms with Gasteiger partial charge in [0.15, 0.2) is 0 Å². The number of carboxylic acid groups (broad SMARTS) is 1. The van der Waals surface area contributed by atoms with Gasteiger partial charge in [0.25, 0.3) is 0 Å². The van der Waals surface area contributed by atoms with Crippen molar-refractivity contribution in [2.24, 2.45) is 0 Å². The third kappa shape index (κ3) is 4.54. The van der Waals surface area contributed by atoms with Crippen LogP contribution >= 0.6 is 0 Å². The van der Waals surface area contributed by atoms with Crippen LogP contribution in [0.25, 0.3) is 11.4 Å². The molecule has 0 saturated heterocycles. The van der Waals surface area contributed by atoms with Crippen molar-refractivity contribution in [1.29, 1.82) is 0 Å². The van der Waals surface area contributed by atoms with Crippen molar-refractivity contribution in [2.75, 3.05) is 0 Å². The Morgan fingerprint density at radius 2 is 1.62 bits per heavy atom. The molecule has 0 aliphatic heterocycles. The molecule has 0 bridgehead atoms. The Balaban J connectivity index is 1.51. The molecule has 0 atom stereocenters. The summed E-state index contributed by atoms with van der Waals surface area (Å²) < 4.78 is 0. The highest BCUT2D eigenvalue weighted by Gasteiger charge is 2.08. The quantitative estimate of drug-likeness (QED) is 0.548. The second-order valence-corrected chi connectivity index (χ2v) is 6.34. The third-order valence-corrected chi connectivity index (χ3v) is 4.22. The minimum Gasteiger partial charge on any atom is -0.478 e. The Morgan fingerprint density at radius 3 is 2.38 bits per heavy atom. The van der Waals surface area contributed by atoms with Crippen LogP contribution in [0.3, 0.4) is 0 Å². The predicted octanol–water partition coefficient (Wildman–Crippen LogP) is 3.49. The van der Waals surface area contributed by atoms with Gasteiger partial charge in [-0.05, 0) is 47.2 Å². The summed E-state index contributed by atoms with van der Waals surface area (Å²) in [6.45, 7) is 0.403. The fraction of sp³-hybridized carbons (Fsp3) is 0.0435. The number of aromatic carboxylic acids is 1. The number of hydrogen-bond acceptors (Lipinski definition) is 4. The number of carbonyl (C=O) groups is 1. The maximum atomic E-state index is 10.9. The van der Waals surface area contributed by atoms with E-state index >= 15 is 0 Å². The molecule has 4 rings (SSSR count). The molecule has 1 heterocycles. The first-order valence-electron chi connectivity index (χ1n) is 8.95. The van der Waals surface area contributed by atoms with Crippen molar-refractivity contribution < 1.29 is 9.90 Å². The lowest BCUT2D eigenvalue weighted by Gasteiger charge is -2.00. The number of hydrogen-bond donors (Lipinski definition) is 1. The van der Waals surface area contributed by atoms with Crippen LogP contribution in [0.1, 0.15) is 27.0 Å². The van der Waals surface area contributed by atoms with E-state index in [-0.39, 0.29) is 5.56 Å². The van der Waals surface area contributed by atoms with E-state index in [1.165, 1.54) is 4.80 Å². The maximum absolute atomic E-state index is 10.9. The maximum Gasteiger partial charge on any atom is 0.335 e. The molecule has 140 valence electrons. The lowest BCUT2D eigenvalue weighted by Crippen LogP contribution is -2.04. The van der Waals surface area contributed by atoms with Crippen LogP contribution in [0.5, 0.6) is 0 Å². The van der Waals surface area contributed by atoms with Crippen molar-refractivity contribution in [1.82, 2.24) is 20.2 Å². The van der Waals surface area contributed by atoms with Gasteiger partial charge < -0.3 is 5.11 Å². The molecule has 0 saturated carbocycles. The minimum absolute atomic E-state index is 0.245. The Bertz CT molecular complexity index is 1200. The van der Waals surface area contributed by atoms with Gasteiger partial charge in [-0.3, -0.25) is 0 Å². The number of nitrogens with zero attached hydrogens (tertiary/aromatic N) is 4. The Hall–Kier alpha value is -4.24. The van der Waals surface area contributed by atoms with E-state index in [1.807, 2.05) is 54.6 Å². The average Bonchev–Trinajstić information content (AvgIpc) is 3.22. The smallest absolute Gasteiger partial charge is 0.335 e. The number of benzene rings is 3. The van der Waals surface area contributed by atoms with Crippen LogP contribution < -0.4 is 0 Å². The lowest BCUT2D eigenvalue weighted by molar-refractivity contribution is 0.0697. The first kappa shape index (κ1) is 18.1. The SMILES string of the molecule is O=C(O)c1ccc(Cn2nnc(-c3cccc(C#Cc4ccccc4)c3)n2)cc1. The van der Waals surface area contributed by atoms with Crippen molar-refractivity contribution in [3.8, 4) is 23.2 Å². The first-order chi connectivity index (χ1) is 14.2. The van der Waals surface area contributed by atoms with Gasteiger partial charge in [-0.2, -0.15) is 4.80 Å². The van der Waals surface area contributed by atoms with E-state index in [0.717, 1.165) is 22.3 Å². The monoisotopic (exact) mass is 380 g/mol. The van der Waals surface area contributed by atoms with Crippen LogP contribution in [-0.2, 0) is 6.54 Å². The fourth-order valence-corrected chi connectivity index (χ4v) is 2.74. The Morgan fingerprint density at radius 1 is 0.897 bits per heavy atom. The van der Waals surface area contributed by atoms with Crippen LogP contribution in [0, 0.1) is 11.8 Å². The summed E-state index contributed by atoms with van der Waals surface area (Å²) >= 11 is 0. The second kappa shape index (κ2) is 8.19. The van der Waals surface area contributed by atoms with Crippen LogP contribution in [-0.4, -0.2) is 31.3 Å². The van der Waals surface area contributed by atoms with Gasteiger partial charge in [0.1, 0.15) is 0 Å². The van der Waals surface area contributed by atoms with E-state index in [4.69, 9.17) is 5.11 Å². The van der Waals surface area contributed by atoms with Crippen molar-refractivity contribution in [3.63, 3.8) is 0 Å². The predicted molar refractivity (Wildman–Crippen MR) is 108 cm³/mol. The van der Waals surface area contributed by atoms with E-state index < -0.39 is 5.97 Å². The lowest BCUT2D eigenvalue weighted by atomic mass is 10.1. The first-order valence-corrected chi connectivity index (χ1v) is 8.95. The molecule has 0 amide bonds. The van der Waals surface area contributed by atoms with E-state index in [0.29, 0.717) is 12.4 Å². The highest BCUT2D eigenvalue weighted by atomic mass is 16.4. The summed E-state index contributed by atoms with van der Waals surface area (Å²) in [5, 5.41) is 21.6. The topological polar surface area (TPSA) is 80.9 Å². The number of aromatic nitrogens is 4. The summed E-state index contributed by atoms with van der Waals surface area (Å²) in [7, 11) is 0. The van der Waals surface area contributed by atoms with Crippen molar-refractivity contribution >= 4 is 5.97 Å². The molecule has 1 N–H and O–H groups in total. The molecule has 1 aromatic heterocycles. The summed E-state index contributed by atoms with van der Waals surface area (Å²) in [5.41, 5.74) is 3.79. The molecule has 29 heavy (non-hydrogen) atoms. The van der Waals surface area contributed by atoms with Gasteiger partial charge >= 0.3 is 5.97 Å². The zero-order valence-corrected chi connectivity index (χ0v) is 15.4. The molecule has 0 aliphatic rings.